The number of hydrogen-bond acceptors (Lipinski definition) is 3. The van der Waals surface area contributed by atoms with Gasteiger partial charge in [-0.25, -0.2) is 0 Å². The molecule has 0 bridgehead atoms. The van der Waals surface area contributed by atoms with E-state index in [0.717, 1.165) is 5.56 Å². The van der Waals surface area contributed by atoms with Crippen LogP contribution in [0.25, 0.3) is 0 Å². The molecule has 1 aromatic carbocycles. The summed E-state index contributed by atoms with van der Waals surface area (Å²) in [5, 5.41) is 8.16. The molecule has 0 fully saturated rings. The average Bonchev–Trinajstić information content (AvgIpc) is 2.39. The van der Waals surface area contributed by atoms with Crippen molar-refractivity contribution in [2.24, 2.45) is 0 Å². The fraction of sp³-hybridized carbons (Fsp3) is 0.462. The molecule has 0 unspecified atom stereocenters. The summed E-state index contributed by atoms with van der Waals surface area (Å²) in [5.74, 6) is 0.514. The van der Waals surface area contributed by atoms with Gasteiger partial charge in [-0.3, -0.25) is 5.41 Å². The van der Waals surface area contributed by atoms with Crippen LogP contribution in [-0.2, 0) is 9.47 Å². The molecule has 4 heteroatoms. The maximum Gasteiger partial charge on any atom is 0.128 e. The van der Waals surface area contributed by atoms with Gasteiger partial charge in [-0.2, -0.15) is 0 Å². The summed E-state index contributed by atoms with van der Waals surface area (Å²) >= 11 is 0. The van der Waals surface area contributed by atoms with Crippen LogP contribution in [0.5, 0.6) is 0 Å². The van der Waals surface area contributed by atoms with E-state index in [1.54, 1.807) is 14.2 Å². The van der Waals surface area contributed by atoms with E-state index in [9.17, 15) is 0 Å². The third-order valence-corrected chi connectivity index (χ3v) is 2.49. The molecular formula is C13H20N2O2. The van der Waals surface area contributed by atoms with Crippen molar-refractivity contribution in [3.63, 3.8) is 0 Å². The molecule has 17 heavy (non-hydrogen) atoms. The summed E-state index contributed by atoms with van der Waals surface area (Å²) in [6.45, 7) is 2.62. The zero-order valence-corrected chi connectivity index (χ0v) is 10.5. The monoisotopic (exact) mass is 236 g/mol. The number of benzene rings is 1. The highest BCUT2D eigenvalue weighted by atomic mass is 16.5. The Kier molecular flexibility index (Phi) is 6.29. The average molecular weight is 236 g/mol. The summed E-state index contributed by atoms with van der Waals surface area (Å²) < 4.78 is 10.1. The molecule has 0 aliphatic carbocycles. The van der Waals surface area contributed by atoms with E-state index in [2.05, 4.69) is 0 Å². The summed E-state index contributed by atoms with van der Waals surface area (Å²) in [6, 6.07) is 9.71. The minimum atomic E-state index is 0.514. The number of nitrogens with zero attached hydrogens (tertiary/aromatic N) is 1. The highest BCUT2D eigenvalue weighted by Gasteiger charge is 2.10. The number of hydrogen-bond donors (Lipinski definition) is 1. The van der Waals surface area contributed by atoms with Crippen molar-refractivity contribution in [1.29, 1.82) is 5.41 Å². The van der Waals surface area contributed by atoms with E-state index < -0.39 is 0 Å². The number of nitrogens with one attached hydrogen (secondary N) is 1. The lowest BCUT2D eigenvalue weighted by molar-refractivity contribution is 0.146. The van der Waals surface area contributed by atoms with Crippen LogP contribution in [0.3, 0.4) is 0 Å². The predicted molar refractivity (Wildman–Crippen MR) is 68.6 cm³/mol. The van der Waals surface area contributed by atoms with Crippen molar-refractivity contribution < 1.29 is 9.47 Å². The largest absolute Gasteiger partial charge is 0.383 e. The van der Waals surface area contributed by atoms with Gasteiger partial charge < -0.3 is 14.4 Å². The van der Waals surface area contributed by atoms with Gasteiger partial charge in [-0.05, 0) is 0 Å². The van der Waals surface area contributed by atoms with Crippen LogP contribution in [0.4, 0.5) is 0 Å². The SMILES string of the molecule is COCCN(CCOC)C(=N)c1ccccc1. The molecule has 1 rings (SSSR count). The van der Waals surface area contributed by atoms with Crippen LogP contribution >= 0.6 is 0 Å². The lowest BCUT2D eigenvalue weighted by Gasteiger charge is -2.24. The van der Waals surface area contributed by atoms with Crippen LogP contribution in [0, 0.1) is 5.41 Å². The van der Waals surface area contributed by atoms with Crippen LogP contribution in [0.2, 0.25) is 0 Å². The Labute approximate surface area is 103 Å². The fourth-order valence-electron chi connectivity index (χ4n) is 1.52. The minimum absolute atomic E-state index is 0.514. The molecule has 94 valence electrons. The van der Waals surface area contributed by atoms with E-state index in [4.69, 9.17) is 14.9 Å². The van der Waals surface area contributed by atoms with Crippen LogP contribution in [0.1, 0.15) is 5.56 Å². The maximum atomic E-state index is 8.16. The molecule has 1 aromatic rings. The van der Waals surface area contributed by atoms with Crippen molar-refractivity contribution in [3.05, 3.63) is 35.9 Å². The Morgan fingerprint density at radius 2 is 1.59 bits per heavy atom. The van der Waals surface area contributed by atoms with E-state index in [0.29, 0.717) is 32.1 Å². The van der Waals surface area contributed by atoms with Gasteiger partial charge in [0.2, 0.25) is 0 Å². The summed E-state index contributed by atoms with van der Waals surface area (Å²) in [7, 11) is 3.33. The van der Waals surface area contributed by atoms with E-state index in [-0.39, 0.29) is 0 Å². The lowest BCUT2D eigenvalue weighted by atomic mass is 10.2. The van der Waals surface area contributed by atoms with Crippen molar-refractivity contribution >= 4 is 5.84 Å². The molecule has 0 saturated carbocycles. The summed E-state index contributed by atoms with van der Waals surface area (Å²) in [5.41, 5.74) is 0.916. The Balaban J connectivity index is 2.64. The second-order valence-electron chi connectivity index (χ2n) is 3.69. The molecule has 4 nitrogen and oxygen atoms in total. The smallest absolute Gasteiger partial charge is 0.128 e. The van der Waals surface area contributed by atoms with Gasteiger partial charge in [0, 0.05) is 32.9 Å². The minimum Gasteiger partial charge on any atom is -0.383 e. The highest BCUT2D eigenvalue weighted by Crippen LogP contribution is 2.04. The van der Waals surface area contributed by atoms with Crippen LogP contribution < -0.4 is 0 Å². The summed E-state index contributed by atoms with van der Waals surface area (Å²) in [6.07, 6.45) is 0. The second kappa shape index (κ2) is 7.81. The Morgan fingerprint density at radius 1 is 1.06 bits per heavy atom. The molecule has 0 saturated heterocycles. The molecule has 0 spiro atoms. The summed E-state index contributed by atoms with van der Waals surface area (Å²) in [4.78, 5) is 1.96. The van der Waals surface area contributed by atoms with Crippen LogP contribution in [0.15, 0.2) is 30.3 Å². The Hall–Kier alpha value is -1.39. The number of rotatable bonds is 7. The van der Waals surface area contributed by atoms with Crippen molar-refractivity contribution in [3.8, 4) is 0 Å². The standard InChI is InChI=1S/C13H20N2O2/c1-16-10-8-15(9-11-17-2)13(14)12-6-4-3-5-7-12/h3-7,14H,8-11H2,1-2H3. The number of amidine groups is 1. The Morgan fingerprint density at radius 3 is 2.06 bits per heavy atom. The fourth-order valence-corrected chi connectivity index (χ4v) is 1.52. The van der Waals surface area contributed by atoms with Crippen molar-refractivity contribution in [1.82, 2.24) is 4.90 Å². The molecule has 0 aliphatic heterocycles. The van der Waals surface area contributed by atoms with Gasteiger partial charge in [0.25, 0.3) is 0 Å². The molecule has 0 heterocycles. The predicted octanol–water partition coefficient (Wildman–Crippen LogP) is 1.61. The molecule has 0 radical (unpaired) electrons. The first-order valence-electron chi connectivity index (χ1n) is 5.66. The molecule has 0 amide bonds. The van der Waals surface area contributed by atoms with Gasteiger partial charge >= 0.3 is 0 Å². The molecule has 0 aliphatic rings. The third-order valence-electron chi connectivity index (χ3n) is 2.49. The number of ether oxygens (including phenoxy) is 2. The maximum absolute atomic E-state index is 8.16. The first-order chi connectivity index (χ1) is 8.29. The van der Waals surface area contributed by atoms with Gasteiger partial charge in [0.05, 0.1) is 13.2 Å². The zero-order valence-electron chi connectivity index (χ0n) is 10.5. The molecule has 1 N–H and O–H groups in total. The number of methoxy groups -OCH3 is 2. The van der Waals surface area contributed by atoms with Gasteiger partial charge in [-0.1, -0.05) is 30.3 Å². The normalized spacial score (nSPS) is 10.2. The first kappa shape index (κ1) is 13.7. The van der Waals surface area contributed by atoms with Crippen LogP contribution in [-0.4, -0.2) is 51.3 Å². The van der Waals surface area contributed by atoms with Crippen molar-refractivity contribution in [2.45, 2.75) is 0 Å². The zero-order chi connectivity index (χ0) is 12.5. The van der Waals surface area contributed by atoms with E-state index in [1.807, 2.05) is 35.2 Å². The second-order valence-corrected chi connectivity index (χ2v) is 3.69. The molecular weight excluding hydrogens is 216 g/mol. The third kappa shape index (κ3) is 4.54. The Bertz CT molecular complexity index is 319. The van der Waals surface area contributed by atoms with Gasteiger partial charge in [0.1, 0.15) is 5.84 Å². The first-order valence-corrected chi connectivity index (χ1v) is 5.66. The van der Waals surface area contributed by atoms with Crippen molar-refractivity contribution in [2.75, 3.05) is 40.5 Å². The highest BCUT2D eigenvalue weighted by molar-refractivity contribution is 5.96. The van der Waals surface area contributed by atoms with Gasteiger partial charge in [-0.15, -0.1) is 0 Å². The lowest BCUT2D eigenvalue weighted by Crippen LogP contribution is -2.36. The molecule has 0 aromatic heterocycles. The van der Waals surface area contributed by atoms with Gasteiger partial charge in [0.15, 0.2) is 0 Å². The van der Waals surface area contributed by atoms with E-state index >= 15 is 0 Å². The van der Waals surface area contributed by atoms with E-state index in [1.165, 1.54) is 0 Å². The topological polar surface area (TPSA) is 45.6 Å². The quantitative estimate of drug-likeness (QED) is 0.578. The molecule has 0 atom stereocenters.